The topological polar surface area (TPSA) is 129 Å². The van der Waals surface area contributed by atoms with E-state index in [0.717, 1.165) is 0 Å². The van der Waals surface area contributed by atoms with Gasteiger partial charge in [-0.25, -0.2) is 9.47 Å². The van der Waals surface area contributed by atoms with Crippen molar-refractivity contribution in [1.82, 2.24) is 24.5 Å². The average Bonchev–Trinajstić information content (AvgIpc) is 3.16. The fraction of sp³-hybridized carbons (Fsp3) is 0.154. The molecule has 0 aliphatic rings. The molecule has 1 aromatic carbocycles. The van der Waals surface area contributed by atoms with Gasteiger partial charge in [-0.2, -0.15) is 9.61 Å². The minimum atomic E-state index is -0.432. The molecule has 0 unspecified atom stereocenters. The summed E-state index contributed by atoms with van der Waals surface area (Å²) in [5.41, 5.74) is 0.985. The number of carbonyl (C=O) groups excluding carboxylic acids is 2. The van der Waals surface area contributed by atoms with Gasteiger partial charge in [-0.15, -0.1) is 10.2 Å². The fourth-order valence-electron chi connectivity index (χ4n) is 1.90. The summed E-state index contributed by atoms with van der Waals surface area (Å²) in [7, 11) is 1.31. The lowest BCUT2D eigenvalue weighted by Crippen LogP contribution is -2.14. The van der Waals surface area contributed by atoms with Gasteiger partial charge >= 0.3 is 5.97 Å². The minimum Gasteiger partial charge on any atom is -0.465 e. The summed E-state index contributed by atoms with van der Waals surface area (Å²) in [6, 6.07) is 6.40. The largest absolute Gasteiger partial charge is 0.465 e. The summed E-state index contributed by atoms with van der Waals surface area (Å²) in [6.45, 7) is 0. The third-order valence-electron chi connectivity index (χ3n) is 3.04. The lowest BCUT2D eigenvalue weighted by atomic mass is 10.2. The Morgan fingerprint density at radius 2 is 2.04 bits per heavy atom. The minimum absolute atomic E-state index is 0.122. The standard InChI is InChI=1S/C13H13N7O3S/c1-23-11(22)8-2-4-9(5-3-8)16-10(21)6-24-13-18-17-12-19(14)7-15-20(12)13/h2-5,7H,6,14H2,1H3,(H,16,21). The zero-order valence-electron chi connectivity index (χ0n) is 12.5. The molecule has 0 fully saturated rings. The maximum atomic E-state index is 12.0. The van der Waals surface area contributed by atoms with Crippen LogP contribution in [-0.2, 0) is 9.53 Å². The molecule has 124 valence electrons. The number of esters is 1. The summed E-state index contributed by atoms with van der Waals surface area (Å²) in [5, 5.41) is 15.0. The molecule has 0 bridgehead atoms. The summed E-state index contributed by atoms with van der Waals surface area (Å²) in [5.74, 6) is 5.45. The van der Waals surface area contributed by atoms with Crippen LogP contribution >= 0.6 is 11.8 Å². The van der Waals surface area contributed by atoms with Crippen LogP contribution < -0.4 is 11.2 Å². The van der Waals surface area contributed by atoms with Crippen molar-refractivity contribution in [3.63, 3.8) is 0 Å². The van der Waals surface area contributed by atoms with Gasteiger partial charge in [0.2, 0.25) is 11.1 Å². The number of hydrogen-bond donors (Lipinski definition) is 2. The van der Waals surface area contributed by atoms with E-state index in [-0.39, 0.29) is 11.7 Å². The summed E-state index contributed by atoms with van der Waals surface area (Å²) in [6.07, 6.45) is 1.40. The predicted molar refractivity (Wildman–Crippen MR) is 86.1 cm³/mol. The van der Waals surface area contributed by atoms with E-state index < -0.39 is 5.97 Å². The number of anilines is 1. The van der Waals surface area contributed by atoms with Gasteiger partial charge in [0.15, 0.2) is 0 Å². The van der Waals surface area contributed by atoms with Gasteiger partial charge in [0, 0.05) is 5.69 Å². The molecule has 2 heterocycles. The fourth-order valence-corrected chi connectivity index (χ4v) is 2.59. The molecule has 0 spiro atoms. The molecule has 1 amide bonds. The molecule has 0 aliphatic carbocycles. The van der Waals surface area contributed by atoms with E-state index in [0.29, 0.717) is 22.2 Å². The first kappa shape index (κ1) is 15.8. The molecule has 0 saturated carbocycles. The molecule has 11 heteroatoms. The van der Waals surface area contributed by atoms with Crippen molar-refractivity contribution >= 4 is 35.1 Å². The van der Waals surface area contributed by atoms with E-state index in [1.807, 2.05) is 0 Å². The Kier molecular flexibility index (Phi) is 4.33. The lowest BCUT2D eigenvalue weighted by molar-refractivity contribution is -0.113. The molecule has 3 N–H and O–H groups in total. The number of nitrogens with one attached hydrogen (secondary N) is 1. The van der Waals surface area contributed by atoms with E-state index >= 15 is 0 Å². The van der Waals surface area contributed by atoms with Crippen molar-refractivity contribution in [3.8, 4) is 0 Å². The van der Waals surface area contributed by atoms with Crippen LogP contribution in [0.3, 0.4) is 0 Å². The van der Waals surface area contributed by atoms with Crippen molar-refractivity contribution in [2.24, 2.45) is 0 Å². The van der Waals surface area contributed by atoms with Crippen LogP contribution in [0.25, 0.3) is 5.78 Å². The smallest absolute Gasteiger partial charge is 0.337 e. The zero-order valence-corrected chi connectivity index (χ0v) is 13.4. The number of nitrogens with zero attached hydrogens (tertiary/aromatic N) is 5. The highest BCUT2D eigenvalue weighted by atomic mass is 32.2. The number of ether oxygens (including phenoxy) is 1. The highest BCUT2D eigenvalue weighted by Crippen LogP contribution is 2.16. The summed E-state index contributed by atoms with van der Waals surface area (Å²) >= 11 is 1.18. The monoisotopic (exact) mass is 347 g/mol. The van der Waals surface area contributed by atoms with E-state index in [4.69, 9.17) is 5.84 Å². The van der Waals surface area contributed by atoms with Gasteiger partial charge in [0.1, 0.15) is 6.33 Å². The van der Waals surface area contributed by atoms with Crippen molar-refractivity contribution in [2.75, 3.05) is 24.0 Å². The average molecular weight is 347 g/mol. The van der Waals surface area contributed by atoms with Crippen molar-refractivity contribution in [3.05, 3.63) is 36.2 Å². The van der Waals surface area contributed by atoms with Gasteiger partial charge in [-0.05, 0) is 24.3 Å². The highest BCUT2D eigenvalue weighted by Gasteiger charge is 2.13. The number of benzene rings is 1. The molecule has 0 atom stereocenters. The van der Waals surface area contributed by atoms with Gasteiger partial charge < -0.3 is 15.9 Å². The molecule has 3 aromatic rings. The molecule has 0 radical (unpaired) electrons. The number of methoxy groups -OCH3 is 1. The number of carbonyl (C=O) groups is 2. The maximum Gasteiger partial charge on any atom is 0.337 e. The molecular weight excluding hydrogens is 334 g/mol. The van der Waals surface area contributed by atoms with Crippen molar-refractivity contribution in [2.45, 2.75) is 5.16 Å². The van der Waals surface area contributed by atoms with Crippen molar-refractivity contribution in [1.29, 1.82) is 0 Å². The van der Waals surface area contributed by atoms with Crippen LogP contribution in [0.2, 0.25) is 0 Å². The van der Waals surface area contributed by atoms with E-state index in [1.54, 1.807) is 24.3 Å². The summed E-state index contributed by atoms with van der Waals surface area (Å²) < 4.78 is 7.30. The second-order valence-electron chi connectivity index (χ2n) is 4.64. The van der Waals surface area contributed by atoms with Gasteiger partial charge in [0.25, 0.3) is 5.78 Å². The Hall–Kier alpha value is -3.08. The number of nitrogen functional groups attached to an aromatic ring is 1. The molecule has 2 aromatic heterocycles. The number of hydrogen-bond acceptors (Lipinski definition) is 8. The second-order valence-corrected chi connectivity index (χ2v) is 5.58. The maximum absolute atomic E-state index is 12.0. The molecule has 24 heavy (non-hydrogen) atoms. The van der Waals surface area contributed by atoms with E-state index in [2.05, 4.69) is 25.3 Å². The molecular formula is C13H13N7O3S. The Balaban J connectivity index is 1.58. The van der Waals surface area contributed by atoms with Gasteiger partial charge in [-0.3, -0.25) is 4.79 Å². The number of aromatic nitrogens is 5. The van der Waals surface area contributed by atoms with Gasteiger partial charge in [-0.1, -0.05) is 11.8 Å². The SMILES string of the molecule is COC(=O)c1ccc(NC(=O)CSc2nnc3n(N)cnn23)cc1. The number of fused-ring (bicyclic) bond motifs is 1. The normalized spacial score (nSPS) is 10.7. The first-order chi connectivity index (χ1) is 11.6. The predicted octanol–water partition coefficient (Wildman–Crippen LogP) is 0.157. The highest BCUT2D eigenvalue weighted by molar-refractivity contribution is 7.99. The number of rotatable bonds is 5. The Morgan fingerprint density at radius 3 is 2.75 bits per heavy atom. The third-order valence-corrected chi connectivity index (χ3v) is 3.96. The lowest BCUT2D eigenvalue weighted by Gasteiger charge is -2.05. The number of nitrogens with two attached hydrogens (primary N) is 1. The van der Waals surface area contributed by atoms with Crippen LogP contribution in [-0.4, -0.2) is 49.2 Å². The van der Waals surface area contributed by atoms with E-state index in [9.17, 15) is 9.59 Å². The van der Waals surface area contributed by atoms with Crippen LogP contribution in [0.5, 0.6) is 0 Å². The van der Waals surface area contributed by atoms with Gasteiger partial charge in [0.05, 0.1) is 18.4 Å². The first-order valence-electron chi connectivity index (χ1n) is 6.73. The molecule has 0 saturated heterocycles. The summed E-state index contributed by atoms with van der Waals surface area (Å²) in [4.78, 5) is 23.3. The Bertz CT molecular complexity index is 887. The van der Waals surface area contributed by atoms with Crippen molar-refractivity contribution < 1.29 is 14.3 Å². The third kappa shape index (κ3) is 3.15. The molecule has 0 aliphatic heterocycles. The first-order valence-corrected chi connectivity index (χ1v) is 7.72. The number of thioether (sulfide) groups is 1. The van der Waals surface area contributed by atoms with E-state index in [1.165, 1.54) is 34.4 Å². The van der Waals surface area contributed by atoms with Crippen LogP contribution in [0.1, 0.15) is 10.4 Å². The molecule has 3 rings (SSSR count). The van der Waals surface area contributed by atoms with Crippen LogP contribution in [0.4, 0.5) is 5.69 Å². The zero-order chi connectivity index (χ0) is 17.1. The van der Waals surface area contributed by atoms with Crippen LogP contribution in [0.15, 0.2) is 35.7 Å². The Morgan fingerprint density at radius 1 is 1.29 bits per heavy atom. The van der Waals surface area contributed by atoms with Crippen LogP contribution in [0, 0.1) is 0 Å². The quantitative estimate of drug-likeness (QED) is 0.379. The number of amides is 1. The molecule has 10 nitrogen and oxygen atoms in total. The Labute approximate surface area is 140 Å². The second kappa shape index (κ2) is 6.58.